The van der Waals surface area contributed by atoms with Gasteiger partial charge in [-0.3, -0.25) is 0 Å². The lowest BCUT2D eigenvalue weighted by atomic mass is 9.73. The van der Waals surface area contributed by atoms with Gasteiger partial charge in [0.2, 0.25) is 0 Å². The van der Waals surface area contributed by atoms with Gasteiger partial charge in [0.05, 0.1) is 25.3 Å². The summed E-state index contributed by atoms with van der Waals surface area (Å²) in [6.07, 6.45) is 58.2. The Hall–Kier alpha value is -10.5. The molecule has 7 aromatic carbocycles. The largest absolute Gasteiger partial charge is 0.508 e. The number of aromatic hydroxyl groups is 8. The van der Waals surface area contributed by atoms with Crippen molar-refractivity contribution in [2.75, 3.05) is 14.2 Å². The summed E-state index contributed by atoms with van der Waals surface area (Å²) < 4.78 is 23.7. The molecule has 7 aromatic rings. The lowest BCUT2D eigenvalue weighted by molar-refractivity contribution is 0.105. The van der Waals surface area contributed by atoms with E-state index in [-0.39, 0.29) is 52.0 Å². The molecule has 768 valence electrons. The second-order valence-electron chi connectivity index (χ2n) is 41.9. The molecule has 0 bridgehead atoms. The molecular weight excluding hydrogens is 1730 g/mol. The van der Waals surface area contributed by atoms with Crippen LogP contribution in [0.15, 0.2) is 203 Å². The van der Waals surface area contributed by atoms with Crippen LogP contribution >= 0.6 is 0 Å². The molecule has 11 rings (SSSR count). The first-order valence-electron chi connectivity index (χ1n) is 53.3. The van der Waals surface area contributed by atoms with E-state index in [0.29, 0.717) is 52.9 Å². The molecule has 12 heteroatoms. The van der Waals surface area contributed by atoms with Crippen LogP contribution < -0.4 is 18.9 Å². The van der Waals surface area contributed by atoms with Gasteiger partial charge >= 0.3 is 0 Å². The highest BCUT2D eigenvalue weighted by molar-refractivity contribution is 5.82. The summed E-state index contributed by atoms with van der Waals surface area (Å²) in [4.78, 5) is 0. The van der Waals surface area contributed by atoms with Crippen molar-refractivity contribution in [1.29, 1.82) is 0 Å². The second kappa shape index (κ2) is 60.7. The highest BCUT2D eigenvalue weighted by Gasteiger charge is 2.36. The van der Waals surface area contributed by atoms with Crippen LogP contribution in [0.3, 0.4) is 0 Å². The summed E-state index contributed by atoms with van der Waals surface area (Å²) in [5.41, 5.74) is 25.8. The molecule has 0 saturated heterocycles. The van der Waals surface area contributed by atoms with E-state index in [4.69, 9.17) is 18.9 Å². The molecule has 5 atom stereocenters. The average molecular weight is 1910 g/mol. The summed E-state index contributed by atoms with van der Waals surface area (Å²) in [7, 11) is 3.38. The Balaban J connectivity index is 0.000000257. The van der Waals surface area contributed by atoms with Gasteiger partial charge in [0.1, 0.15) is 80.2 Å². The SMILES string of the molecule is C=C(C)[C@H]1CCC(C)=C[C@@H]1c1c(O)cc(CCCCC)cc1O.C=C(C)[C@H]1CCC(C)=C[C@@H]1c1c(O)cc(CCCCC)cc1OC.CCCCCc1cc(O)c(C/C=C(\C)CCC=C(C)C)c(O)c1.CCCCCc1cc(O)c(C/C=C(\C)CCC=C(C)C)c(OC)c1.CCCCCc1cc(O)c2c(c1)OC(C)(C)c1ccc(C)cc1-2.CCCCCc1cc(O)c2c(c1)OC(C)(CCC=C(C)C)C=C2. The number of hydrogen-bond acceptors (Lipinski definition) is 12. The summed E-state index contributed by atoms with van der Waals surface area (Å²) >= 11 is 0. The number of fused-ring (bicyclic) bond motifs is 4. The fraction of sp³-hybridized carbons (Fsp3) is 0.516. The van der Waals surface area contributed by atoms with Crippen molar-refractivity contribution in [3.05, 3.63) is 275 Å². The third-order valence-corrected chi connectivity index (χ3v) is 27.6. The Morgan fingerprint density at radius 2 is 0.764 bits per heavy atom. The number of benzene rings is 7. The number of unbranched alkanes of at least 4 members (excludes halogenated alkanes) is 12. The maximum atomic E-state index is 10.8. The molecular formula is C128H184O12. The first kappa shape index (κ1) is 118. The molecule has 0 amide bonds. The Morgan fingerprint density at radius 1 is 0.400 bits per heavy atom. The number of ether oxygens (including phenoxy) is 4. The van der Waals surface area contributed by atoms with Crippen LogP contribution in [-0.2, 0) is 57.0 Å². The molecule has 8 N–H and O–H groups in total. The summed E-state index contributed by atoms with van der Waals surface area (Å²) in [6, 6.07) is 29.7. The zero-order valence-corrected chi connectivity index (χ0v) is 91.2. The molecule has 0 spiro atoms. The molecule has 0 radical (unpaired) electrons. The molecule has 12 nitrogen and oxygen atoms in total. The third-order valence-electron chi connectivity index (χ3n) is 27.6. The van der Waals surface area contributed by atoms with Crippen molar-refractivity contribution < 1.29 is 59.8 Å². The quantitative estimate of drug-likeness (QED) is 0.0133. The van der Waals surface area contributed by atoms with Crippen LogP contribution in [0.5, 0.6) is 69.0 Å². The van der Waals surface area contributed by atoms with Crippen molar-refractivity contribution in [3.8, 4) is 80.1 Å². The lowest BCUT2D eigenvalue weighted by Crippen LogP contribution is -2.31. The standard InChI is InChI=1S/C22H32O2.C22H34O2.C21H26O2.2C21H30O2.C21H32O2/c1-6-7-8-9-17-13-20(23)22(21(14-17)24-5)19-12-16(4)10-11-18(19)15(2)3;1-6-7-8-12-19-15-21(23)20(22(16-19)24-5)14-13-18(4)11-9-10-17(2)3;1-5-6-7-8-15-12-18(22)20-16-11-14(2)9-10-17(16)21(3,4)23-19(20)13-15;1-5-6-7-10-17-14-19(22)18-11-13-21(4,23-20(18)15-17)12-8-9-16(2)3;1-5-6-7-8-16-12-19(22)21(20(23)13-16)18-11-15(4)9-10-17(18)14(2)3;1-5-6-7-11-18-14-20(22)19(21(23)15-18)13-12-17(4)10-8-9-16(2)3/h12-14,18-19,23H,2,6-11H2,1,3-5H3;10,13,15-16,23H,6-9,11-12,14H2,1-5H3;9-13,22H,5-8H2,1-4H3;9,11,13-15,22H,5-8,10,12H2,1-4H3;11-13,17-18,22-23H,2,5-10H2,1,3-4H3;9,12,14-15,22-23H,5-8,10-11,13H2,1-4H3/b;18-13+;;;;17-12+/t18-,19+;;;;17-,18+;/m1...1./s1. The normalized spacial score (nSPS) is 16.4. The minimum absolute atomic E-state index is 0.0194. The summed E-state index contributed by atoms with van der Waals surface area (Å²) in [6.45, 7) is 55.2. The third kappa shape index (κ3) is 38.8. The highest BCUT2D eigenvalue weighted by atomic mass is 16.5. The van der Waals surface area contributed by atoms with E-state index in [1.165, 1.54) is 127 Å². The van der Waals surface area contributed by atoms with Gasteiger partial charge in [-0.2, -0.15) is 0 Å². The Morgan fingerprint density at radius 3 is 1.19 bits per heavy atom. The van der Waals surface area contributed by atoms with Gasteiger partial charge < -0.3 is 59.8 Å². The molecule has 0 saturated carbocycles. The smallest absolute Gasteiger partial charge is 0.132 e. The van der Waals surface area contributed by atoms with Gasteiger partial charge in [0.15, 0.2) is 0 Å². The first-order chi connectivity index (χ1) is 66.7. The van der Waals surface area contributed by atoms with E-state index < -0.39 is 0 Å². The number of rotatable bonds is 43. The lowest BCUT2D eigenvalue weighted by Gasteiger charge is -2.35. The topological polar surface area (TPSA) is 199 Å². The number of phenols is 8. The van der Waals surface area contributed by atoms with Gasteiger partial charge in [-0.15, -0.1) is 0 Å². The maximum absolute atomic E-state index is 10.8. The van der Waals surface area contributed by atoms with E-state index in [2.05, 4.69) is 250 Å². The van der Waals surface area contributed by atoms with E-state index >= 15 is 0 Å². The van der Waals surface area contributed by atoms with Crippen molar-refractivity contribution in [2.24, 2.45) is 11.8 Å². The van der Waals surface area contributed by atoms with E-state index in [1.807, 2.05) is 49.4 Å². The van der Waals surface area contributed by atoms with Crippen LogP contribution in [0.4, 0.5) is 0 Å². The number of phenolic OH excluding ortho intramolecular Hbond substituents is 8. The number of hydrogen-bond donors (Lipinski definition) is 8. The summed E-state index contributed by atoms with van der Waals surface area (Å²) in [5, 5.41) is 83.5. The van der Waals surface area contributed by atoms with Gasteiger partial charge in [0, 0.05) is 39.7 Å². The number of aryl methyl sites for hydroxylation is 7. The Bertz CT molecular complexity index is 5290. The molecule has 0 aromatic heterocycles. The molecule has 2 heterocycles. The zero-order chi connectivity index (χ0) is 103. The van der Waals surface area contributed by atoms with Crippen LogP contribution in [0.1, 0.15) is 409 Å². The van der Waals surface area contributed by atoms with Crippen LogP contribution in [-0.4, -0.2) is 60.7 Å². The van der Waals surface area contributed by atoms with Gasteiger partial charge in [-0.25, -0.2) is 0 Å². The molecule has 1 unspecified atom stereocenters. The van der Waals surface area contributed by atoms with Crippen LogP contribution in [0.2, 0.25) is 0 Å². The van der Waals surface area contributed by atoms with Gasteiger partial charge in [0.25, 0.3) is 0 Å². The Labute approximate surface area is 848 Å². The van der Waals surface area contributed by atoms with E-state index in [1.54, 1.807) is 26.4 Å². The van der Waals surface area contributed by atoms with Gasteiger partial charge in [-0.1, -0.05) is 248 Å². The van der Waals surface area contributed by atoms with Gasteiger partial charge in [-0.05, 0) is 401 Å². The van der Waals surface area contributed by atoms with E-state index in [0.717, 1.165) is 237 Å². The van der Waals surface area contributed by atoms with Crippen LogP contribution in [0, 0.1) is 18.8 Å². The predicted octanol–water partition coefficient (Wildman–Crippen LogP) is 36.2. The molecule has 2 aliphatic carbocycles. The summed E-state index contributed by atoms with van der Waals surface area (Å²) in [5.74, 6) is 6.29. The first-order valence-corrected chi connectivity index (χ1v) is 53.3. The van der Waals surface area contributed by atoms with Crippen molar-refractivity contribution in [2.45, 2.75) is 407 Å². The van der Waals surface area contributed by atoms with Crippen molar-refractivity contribution in [3.63, 3.8) is 0 Å². The fourth-order valence-electron chi connectivity index (χ4n) is 19.2. The fourth-order valence-corrected chi connectivity index (χ4v) is 19.2. The average Bonchev–Trinajstić information content (AvgIpc) is 0.739. The molecule has 0 fully saturated rings. The minimum atomic E-state index is -0.384. The zero-order valence-electron chi connectivity index (χ0n) is 91.2. The minimum Gasteiger partial charge on any atom is -0.508 e. The van der Waals surface area contributed by atoms with Crippen molar-refractivity contribution >= 4 is 6.08 Å². The number of allylic oxidation sites excluding steroid dienone is 16. The van der Waals surface area contributed by atoms with Crippen LogP contribution in [0.25, 0.3) is 17.2 Å². The number of methoxy groups -OCH3 is 2. The van der Waals surface area contributed by atoms with Crippen molar-refractivity contribution in [1.82, 2.24) is 0 Å². The highest BCUT2D eigenvalue weighted by Crippen LogP contribution is 2.52. The predicted molar refractivity (Wildman–Crippen MR) is 595 cm³/mol. The second-order valence-corrected chi connectivity index (χ2v) is 41.9. The molecule has 4 aliphatic rings. The van der Waals surface area contributed by atoms with E-state index in [9.17, 15) is 40.9 Å². The molecule has 2 aliphatic heterocycles. The molecule has 140 heavy (non-hydrogen) atoms. The maximum Gasteiger partial charge on any atom is 0.132 e. The monoisotopic (exact) mass is 1910 g/mol. The Kier molecular flexibility index (Phi) is 51.3.